The lowest BCUT2D eigenvalue weighted by Gasteiger charge is -2.43. The zero-order chi connectivity index (χ0) is 22.9. The van der Waals surface area contributed by atoms with Crippen LogP contribution in [0.25, 0.3) is 0 Å². The Morgan fingerprint density at radius 2 is 1.52 bits per heavy atom. The number of allylic oxidation sites excluding steroid dienone is 1. The van der Waals surface area contributed by atoms with Crippen LogP contribution in [0, 0.1) is 5.92 Å². The van der Waals surface area contributed by atoms with Gasteiger partial charge in [0.15, 0.2) is 0 Å². The Labute approximate surface area is 189 Å². The first-order chi connectivity index (χ1) is 14.7. The van der Waals surface area contributed by atoms with E-state index in [0.717, 1.165) is 12.8 Å². The Bertz CT molecular complexity index is 798. The summed E-state index contributed by atoms with van der Waals surface area (Å²) in [6.45, 7) is 13.9. The number of carbonyl (C=O) groups is 1. The average molecular weight is 439 g/mol. The molecule has 0 aromatic heterocycles. The molecule has 2 aromatic rings. The molecular weight excluding hydrogens is 400 g/mol. The number of hydrogen-bond acceptors (Lipinski definition) is 3. The summed E-state index contributed by atoms with van der Waals surface area (Å²) in [6.07, 6.45) is 3.79. The van der Waals surface area contributed by atoms with E-state index in [1.807, 2.05) is 19.9 Å². The highest BCUT2D eigenvalue weighted by Gasteiger charge is 2.50. The van der Waals surface area contributed by atoms with E-state index in [1.165, 1.54) is 10.4 Å². The molecule has 1 atom stereocenters. The van der Waals surface area contributed by atoms with Gasteiger partial charge in [0, 0.05) is 12.2 Å². The molecule has 3 nitrogen and oxygen atoms in total. The summed E-state index contributed by atoms with van der Waals surface area (Å²) in [4.78, 5) is 11.8. The molecule has 0 aliphatic rings. The highest BCUT2D eigenvalue weighted by molar-refractivity contribution is 6.99. The second kappa shape index (κ2) is 11.4. The molecule has 0 aliphatic heterocycles. The SMILES string of the molecule is CCOC(=O)C(C)=CCC[C@H](C)CO[Si](c1ccccc1)(c1ccccc1)C(C)(C)C. The van der Waals surface area contributed by atoms with Crippen LogP contribution >= 0.6 is 0 Å². The van der Waals surface area contributed by atoms with Crippen LogP contribution in [0.15, 0.2) is 72.3 Å². The third kappa shape index (κ3) is 6.41. The third-order valence-electron chi connectivity index (χ3n) is 5.71. The smallest absolute Gasteiger partial charge is 0.333 e. The lowest BCUT2D eigenvalue weighted by molar-refractivity contribution is -0.138. The van der Waals surface area contributed by atoms with Crippen molar-refractivity contribution in [2.45, 2.75) is 59.4 Å². The Balaban J connectivity index is 2.21. The summed E-state index contributed by atoms with van der Waals surface area (Å²) in [7, 11) is -2.49. The fourth-order valence-electron chi connectivity index (χ4n) is 4.02. The van der Waals surface area contributed by atoms with E-state index < -0.39 is 8.32 Å². The lowest BCUT2D eigenvalue weighted by atomic mass is 10.1. The number of carbonyl (C=O) groups excluding carboxylic acids is 1. The van der Waals surface area contributed by atoms with Gasteiger partial charge in [-0.3, -0.25) is 0 Å². The van der Waals surface area contributed by atoms with E-state index in [9.17, 15) is 4.79 Å². The molecule has 0 saturated heterocycles. The molecule has 31 heavy (non-hydrogen) atoms. The van der Waals surface area contributed by atoms with Gasteiger partial charge < -0.3 is 9.16 Å². The zero-order valence-corrected chi connectivity index (χ0v) is 21.0. The minimum absolute atomic E-state index is 0.0180. The molecule has 0 bridgehead atoms. The van der Waals surface area contributed by atoms with Gasteiger partial charge in [-0.25, -0.2) is 4.79 Å². The molecule has 0 spiro atoms. The summed E-state index contributed by atoms with van der Waals surface area (Å²) >= 11 is 0. The van der Waals surface area contributed by atoms with Crippen LogP contribution in [0.3, 0.4) is 0 Å². The van der Waals surface area contributed by atoms with Crippen LogP contribution in [0.5, 0.6) is 0 Å². The number of ether oxygens (including phenoxy) is 1. The Morgan fingerprint density at radius 3 is 1.97 bits per heavy atom. The van der Waals surface area contributed by atoms with Gasteiger partial charge in [-0.2, -0.15) is 0 Å². The maximum atomic E-state index is 11.8. The van der Waals surface area contributed by atoms with Crippen molar-refractivity contribution in [3.8, 4) is 0 Å². The Kier molecular flexibility index (Phi) is 9.26. The normalized spacial score (nSPS) is 13.7. The van der Waals surface area contributed by atoms with Crippen molar-refractivity contribution >= 4 is 24.7 Å². The number of rotatable bonds is 10. The van der Waals surface area contributed by atoms with Gasteiger partial charge in [0.05, 0.1) is 6.61 Å². The molecule has 0 unspecified atom stereocenters. The first-order valence-corrected chi connectivity index (χ1v) is 13.2. The van der Waals surface area contributed by atoms with Gasteiger partial charge in [0.2, 0.25) is 0 Å². The van der Waals surface area contributed by atoms with E-state index in [2.05, 4.69) is 88.4 Å². The fraction of sp³-hybridized carbons (Fsp3) is 0.444. The molecule has 0 amide bonds. The van der Waals surface area contributed by atoms with Crippen molar-refractivity contribution in [3.63, 3.8) is 0 Å². The lowest BCUT2D eigenvalue weighted by Crippen LogP contribution is -2.66. The molecule has 0 radical (unpaired) electrons. The Morgan fingerprint density at radius 1 is 1.00 bits per heavy atom. The molecule has 4 heteroatoms. The van der Waals surface area contributed by atoms with Crippen LogP contribution in [0.4, 0.5) is 0 Å². The van der Waals surface area contributed by atoms with Crippen molar-refractivity contribution in [1.82, 2.24) is 0 Å². The van der Waals surface area contributed by atoms with Crippen LogP contribution in [0.1, 0.15) is 54.4 Å². The van der Waals surface area contributed by atoms with Gasteiger partial charge in [0.25, 0.3) is 8.32 Å². The molecule has 2 rings (SSSR count). The van der Waals surface area contributed by atoms with E-state index in [4.69, 9.17) is 9.16 Å². The van der Waals surface area contributed by atoms with Crippen molar-refractivity contribution in [1.29, 1.82) is 0 Å². The van der Waals surface area contributed by atoms with Crippen LogP contribution in [-0.4, -0.2) is 27.5 Å². The van der Waals surface area contributed by atoms with E-state index in [-0.39, 0.29) is 11.0 Å². The van der Waals surface area contributed by atoms with Crippen LogP contribution < -0.4 is 10.4 Å². The fourth-order valence-corrected chi connectivity index (χ4v) is 8.71. The average Bonchev–Trinajstić information content (AvgIpc) is 2.75. The maximum Gasteiger partial charge on any atom is 0.333 e. The molecule has 0 saturated carbocycles. The summed E-state index contributed by atoms with van der Waals surface area (Å²) in [5.41, 5.74) is 0.682. The van der Waals surface area contributed by atoms with Crippen LogP contribution in [0.2, 0.25) is 5.04 Å². The molecule has 0 aliphatic carbocycles. The van der Waals surface area contributed by atoms with Crippen LogP contribution in [-0.2, 0) is 14.0 Å². The number of hydrogen-bond donors (Lipinski definition) is 0. The minimum Gasteiger partial charge on any atom is -0.463 e. The van der Waals surface area contributed by atoms with Gasteiger partial charge in [0.1, 0.15) is 0 Å². The third-order valence-corrected chi connectivity index (χ3v) is 10.7. The highest BCUT2D eigenvalue weighted by atomic mass is 28.4. The van der Waals surface area contributed by atoms with Crippen molar-refractivity contribution in [2.24, 2.45) is 5.92 Å². The molecule has 0 fully saturated rings. The Hall–Kier alpha value is -2.17. The largest absolute Gasteiger partial charge is 0.463 e. The van der Waals surface area contributed by atoms with Crippen molar-refractivity contribution in [2.75, 3.05) is 13.2 Å². The molecule has 0 N–H and O–H groups in total. The molecule has 0 heterocycles. The quantitative estimate of drug-likeness (QED) is 0.280. The highest BCUT2D eigenvalue weighted by Crippen LogP contribution is 2.37. The minimum atomic E-state index is -2.49. The molecule has 2 aromatic carbocycles. The van der Waals surface area contributed by atoms with Gasteiger partial charge in [-0.1, -0.05) is 94.4 Å². The van der Waals surface area contributed by atoms with Gasteiger partial charge >= 0.3 is 5.97 Å². The topological polar surface area (TPSA) is 35.5 Å². The van der Waals surface area contributed by atoms with E-state index in [1.54, 1.807) is 0 Å². The molecular formula is C27H38O3Si. The second-order valence-corrected chi connectivity index (χ2v) is 13.6. The predicted octanol–water partition coefficient (Wildman–Crippen LogP) is 5.49. The summed E-state index contributed by atoms with van der Waals surface area (Å²) in [5.74, 6) is 0.159. The van der Waals surface area contributed by atoms with E-state index in [0.29, 0.717) is 24.7 Å². The summed E-state index contributed by atoms with van der Waals surface area (Å²) < 4.78 is 12.1. The maximum absolute atomic E-state index is 11.8. The summed E-state index contributed by atoms with van der Waals surface area (Å²) in [6, 6.07) is 21.5. The summed E-state index contributed by atoms with van der Waals surface area (Å²) in [5, 5.41) is 2.59. The van der Waals surface area contributed by atoms with Crippen molar-refractivity contribution < 1.29 is 14.0 Å². The zero-order valence-electron chi connectivity index (χ0n) is 20.0. The monoisotopic (exact) mass is 438 g/mol. The first kappa shape index (κ1) is 25.1. The predicted molar refractivity (Wildman–Crippen MR) is 132 cm³/mol. The standard InChI is InChI=1S/C27H38O3Si/c1-7-29-26(28)23(3)16-14-15-22(2)21-30-31(27(4,5)6,24-17-10-8-11-18-24)25-19-12-9-13-20-25/h8-13,16-20,22H,7,14-15,21H2,1-6H3/t22-/m0/s1. The second-order valence-electron chi connectivity index (χ2n) is 9.26. The van der Waals surface area contributed by atoms with Crippen molar-refractivity contribution in [3.05, 3.63) is 72.3 Å². The van der Waals surface area contributed by atoms with Gasteiger partial charge in [-0.15, -0.1) is 0 Å². The first-order valence-electron chi connectivity index (χ1n) is 11.3. The molecule has 168 valence electrons. The number of benzene rings is 2. The number of esters is 1. The van der Waals surface area contributed by atoms with E-state index >= 15 is 0 Å². The van der Waals surface area contributed by atoms with Gasteiger partial charge in [-0.05, 0) is 48.0 Å².